The molecule has 0 unspecified atom stereocenters. The lowest BCUT2D eigenvalue weighted by atomic mass is 10.3. The second kappa shape index (κ2) is 3.61. The summed E-state index contributed by atoms with van der Waals surface area (Å²) in [4.78, 5) is 14.7. The quantitative estimate of drug-likeness (QED) is 0.736. The number of imidazole rings is 1. The first-order valence-electron chi connectivity index (χ1n) is 4.70. The van der Waals surface area contributed by atoms with E-state index in [1.807, 2.05) is 35.7 Å². The fraction of sp³-hybridized carbons (Fsp3) is 0. The summed E-state index contributed by atoms with van der Waals surface area (Å²) in [5, 5.41) is 2.89. The molecular weight excluding hydrogens is 288 g/mol. The number of thiophene rings is 1. The third-order valence-corrected chi connectivity index (χ3v) is 3.72. The first kappa shape index (κ1) is 9.86. The molecule has 0 aliphatic rings. The van der Waals surface area contributed by atoms with Gasteiger partial charge in [0.05, 0.1) is 11.0 Å². The Morgan fingerprint density at radius 2 is 2.19 bits per heavy atom. The first-order valence-corrected chi connectivity index (χ1v) is 6.37. The highest BCUT2D eigenvalue weighted by atomic mass is 79.9. The summed E-state index contributed by atoms with van der Waals surface area (Å²) in [6.45, 7) is 0. The van der Waals surface area contributed by atoms with E-state index in [1.165, 1.54) is 0 Å². The van der Waals surface area contributed by atoms with Crippen LogP contribution < -0.4 is 5.69 Å². The number of nitrogens with one attached hydrogen (secondary N) is 1. The van der Waals surface area contributed by atoms with Crippen LogP contribution in [0.5, 0.6) is 0 Å². The van der Waals surface area contributed by atoms with Crippen LogP contribution in [0.4, 0.5) is 0 Å². The molecule has 2 heterocycles. The van der Waals surface area contributed by atoms with Crippen molar-refractivity contribution in [2.75, 3.05) is 0 Å². The van der Waals surface area contributed by atoms with Gasteiger partial charge in [0.2, 0.25) is 0 Å². The van der Waals surface area contributed by atoms with Gasteiger partial charge in [-0.25, -0.2) is 4.79 Å². The molecule has 16 heavy (non-hydrogen) atoms. The van der Waals surface area contributed by atoms with Crippen molar-refractivity contribution in [3.8, 4) is 5.00 Å². The normalized spacial score (nSPS) is 11.1. The molecule has 0 fully saturated rings. The summed E-state index contributed by atoms with van der Waals surface area (Å²) in [5.74, 6) is 0. The first-order chi connectivity index (χ1) is 7.75. The Bertz CT molecular complexity index is 696. The average Bonchev–Trinajstić information content (AvgIpc) is 2.83. The van der Waals surface area contributed by atoms with Gasteiger partial charge in [0.15, 0.2) is 0 Å². The fourth-order valence-corrected chi connectivity index (χ4v) is 2.80. The second-order valence-electron chi connectivity index (χ2n) is 3.38. The van der Waals surface area contributed by atoms with E-state index >= 15 is 0 Å². The lowest BCUT2D eigenvalue weighted by Crippen LogP contribution is -2.13. The molecule has 0 saturated carbocycles. The van der Waals surface area contributed by atoms with Crippen molar-refractivity contribution in [2.24, 2.45) is 0 Å². The van der Waals surface area contributed by atoms with Crippen molar-refractivity contribution in [3.63, 3.8) is 0 Å². The predicted molar refractivity (Wildman–Crippen MR) is 69.5 cm³/mol. The van der Waals surface area contributed by atoms with Gasteiger partial charge in [0.25, 0.3) is 0 Å². The van der Waals surface area contributed by atoms with E-state index in [0.717, 1.165) is 20.5 Å². The maximum atomic E-state index is 11.8. The molecule has 0 saturated heterocycles. The minimum Gasteiger partial charge on any atom is -0.305 e. The smallest absolute Gasteiger partial charge is 0.305 e. The van der Waals surface area contributed by atoms with Crippen LogP contribution in [0.15, 0.2) is 45.0 Å². The van der Waals surface area contributed by atoms with Gasteiger partial charge in [0.1, 0.15) is 5.00 Å². The maximum absolute atomic E-state index is 11.8. The fourth-order valence-electron chi connectivity index (χ4n) is 1.70. The van der Waals surface area contributed by atoms with Crippen molar-refractivity contribution in [1.29, 1.82) is 0 Å². The van der Waals surface area contributed by atoms with Crippen molar-refractivity contribution in [2.45, 2.75) is 0 Å². The Hall–Kier alpha value is -1.33. The Kier molecular flexibility index (Phi) is 2.22. The molecule has 5 heteroatoms. The molecule has 2 aromatic heterocycles. The molecular formula is C11H7BrN2OS. The minimum absolute atomic E-state index is 0.101. The Labute approximate surface area is 103 Å². The predicted octanol–water partition coefficient (Wildman–Crippen LogP) is 3.14. The number of halogens is 1. The zero-order valence-corrected chi connectivity index (χ0v) is 10.5. The number of H-pyrrole nitrogens is 1. The zero-order valence-electron chi connectivity index (χ0n) is 8.11. The number of nitrogens with zero attached hydrogens (tertiary/aromatic N) is 1. The van der Waals surface area contributed by atoms with Crippen molar-refractivity contribution >= 4 is 38.3 Å². The summed E-state index contributed by atoms with van der Waals surface area (Å²) < 4.78 is 2.64. The van der Waals surface area contributed by atoms with Crippen LogP contribution in [0, 0.1) is 0 Å². The highest BCUT2D eigenvalue weighted by molar-refractivity contribution is 9.10. The lowest BCUT2D eigenvalue weighted by molar-refractivity contribution is 1.04. The van der Waals surface area contributed by atoms with E-state index in [9.17, 15) is 4.79 Å². The van der Waals surface area contributed by atoms with Gasteiger partial charge in [-0.3, -0.25) is 4.57 Å². The van der Waals surface area contributed by atoms with Gasteiger partial charge < -0.3 is 4.98 Å². The van der Waals surface area contributed by atoms with E-state index in [1.54, 1.807) is 15.9 Å². The van der Waals surface area contributed by atoms with E-state index in [0.29, 0.717) is 0 Å². The number of hydrogen-bond donors (Lipinski definition) is 1. The van der Waals surface area contributed by atoms with E-state index in [4.69, 9.17) is 0 Å². The summed E-state index contributed by atoms with van der Waals surface area (Å²) in [7, 11) is 0. The molecule has 3 aromatic rings. The zero-order chi connectivity index (χ0) is 11.1. The van der Waals surface area contributed by atoms with Crippen LogP contribution in [0.3, 0.4) is 0 Å². The molecule has 0 radical (unpaired) electrons. The summed E-state index contributed by atoms with van der Waals surface area (Å²) in [6, 6.07) is 9.63. The van der Waals surface area contributed by atoms with Crippen LogP contribution in [0.25, 0.3) is 16.0 Å². The molecule has 0 atom stereocenters. The van der Waals surface area contributed by atoms with Gasteiger partial charge in [-0.15, -0.1) is 11.3 Å². The highest BCUT2D eigenvalue weighted by Gasteiger charge is 2.08. The number of aromatic nitrogens is 2. The maximum Gasteiger partial charge on any atom is 0.331 e. The topological polar surface area (TPSA) is 37.8 Å². The van der Waals surface area contributed by atoms with Gasteiger partial charge >= 0.3 is 5.69 Å². The van der Waals surface area contributed by atoms with Crippen LogP contribution >= 0.6 is 27.3 Å². The molecule has 1 N–H and O–H groups in total. The molecule has 80 valence electrons. The molecule has 0 spiro atoms. The molecule has 0 aliphatic carbocycles. The van der Waals surface area contributed by atoms with Crippen molar-refractivity contribution < 1.29 is 0 Å². The van der Waals surface area contributed by atoms with Gasteiger partial charge in [-0.2, -0.15) is 0 Å². The Morgan fingerprint density at radius 1 is 1.31 bits per heavy atom. The SMILES string of the molecule is O=c1[nH]c2cc(Br)ccc2n1-c1cccs1. The standard InChI is InChI=1S/C11H7BrN2OS/c12-7-3-4-9-8(6-7)13-11(15)14(9)10-2-1-5-16-10/h1-6H,(H,13,15). The molecule has 0 aliphatic heterocycles. The number of aromatic amines is 1. The van der Waals surface area contributed by atoms with E-state index < -0.39 is 0 Å². The van der Waals surface area contributed by atoms with E-state index in [2.05, 4.69) is 20.9 Å². The molecule has 1 aromatic carbocycles. The largest absolute Gasteiger partial charge is 0.331 e. The minimum atomic E-state index is -0.101. The Balaban J connectivity index is 2.41. The molecule has 3 rings (SSSR count). The van der Waals surface area contributed by atoms with Gasteiger partial charge in [0, 0.05) is 4.47 Å². The number of fused-ring (bicyclic) bond motifs is 1. The average molecular weight is 295 g/mol. The van der Waals surface area contributed by atoms with Crippen LogP contribution in [-0.2, 0) is 0 Å². The summed E-state index contributed by atoms with van der Waals surface area (Å²) in [5.41, 5.74) is 1.64. The van der Waals surface area contributed by atoms with Crippen LogP contribution in [0.2, 0.25) is 0 Å². The summed E-state index contributed by atoms with van der Waals surface area (Å²) in [6.07, 6.45) is 0. The molecule has 0 amide bonds. The van der Waals surface area contributed by atoms with Crippen molar-refractivity contribution in [3.05, 3.63) is 50.7 Å². The van der Waals surface area contributed by atoms with Gasteiger partial charge in [-0.1, -0.05) is 15.9 Å². The third kappa shape index (κ3) is 1.44. The molecule has 3 nitrogen and oxygen atoms in total. The monoisotopic (exact) mass is 294 g/mol. The van der Waals surface area contributed by atoms with E-state index in [-0.39, 0.29) is 5.69 Å². The third-order valence-electron chi connectivity index (χ3n) is 2.37. The molecule has 0 bridgehead atoms. The Morgan fingerprint density at radius 3 is 2.94 bits per heavy atom. The summed E-state index contributed by atoms with van der Waals surface area (Å²) >= 11 is 4.93. The number of benzene rings is 1. The van der Waals surface area contributed by atoms with Crippen molar-refractivity contribution in [1.82, 2.24) is 9.55 Å². The number of rotatable bonds is 1. The van der Waals surface area contributed by atoms with Crippen LogP contribution in [0.1, 0.15) is 0 Å². The lowest BCUT2D eigenvalue weighted by Gasteiger charge is -1.98. The highest BCUT2D eigenvalue weighted by Crippen LogP contribution is 2.21. The number of hydrogen-bond acceptors (Lipinski definition) is 2. The van der Waals surface area contributed by atoms with Gasteiger partial charge in [-0.05, 0) is 35.7 Å². The van der Waals surface area contributed by atoms with Crippen LogP contribution in [-0.4, -0.2) is 9.55 Å². The second-order valence-corrected chi connectivity index (χ2v) is 5.22.